The van der Waals surface area contributed by atoms with E-state index in [4.69, 9.17) is 4.74 Å². The van der Waals surface area contributed by atoms with Crippen LogP contribution in [0.5, 0.6) is 0 Å². The van der Waals surface area contributed by atoms with Crippen molar-refractivity contribution in [1.29, 1.82) is 0 Å². The van der Waals surface area contributed by atoms with E-state index in [0.717, 1.165) is 17.0 Å². The molecule has 2 aliphatic heterocycles. The first-order valence-electron chi connectivity index (χ1n) is 12.9. The molecule has 39 heavy (non-hydrogen) atoms. The van der Waals surface area contributed by atoms with Gasteiger partial charge in [-0.2, -0.15) is 0 Å². The largest absolute Gasteiger partial charge is 0.444 e. The number of pyridine rings is 1. The molecule has 2 saturated heterocycles. The molecule has 3 heterocycles. The number of cyclic esters (lactones) is 1. The van der Waals surface area contributed by atoms with Crippen LogP contribution in [0.25, 0.3) is 0 Å². The molecule has 0 spiro atoms. The molecule has 1 N–H and O–H groups in total. The summed E-state index contributed by atoms with van der Waals surface area (Å²) in [6.07, 6.45) is 2.72. The molecule has 0 unspecified atom stereocenters. The minimum Gasteiger partial charge on any atom is -0.444 e. The molecule has 2 fully saturated rings. The van der Waals surface area contributed by atoms with Crippen LogP contribution in [0.1, 0.15) is 43.5 Å². The smallest absolute Gasteiger partial charge is 0.414 e. The molecule has 0 radical (unpaired) electrons. The van der Waals surface area contributed by atoms with Crippen molar-refractivity contribution >= 4 is 35.1 Å². The lowest BCUT2D eigenvalue weighted by molar-refractivity contribution is -0.133. The van der Waals surface area contributed by atoms with E-state index < -0.39 is 35.8 Å². The number of rotatable bonds is 9. The van der Waals surface area contributed by atoms with E-state index in [2.05, 4.69) is 10.3 Å². The maximum Gasteiger partial charge on any atom is 0.414 e. The quantitative estimate of drug-likeness (QED) is 0.518. The van der Waals surface area contributed by atoms with Crippen LogP contribution in [-0.2, 0) is 14.3 Å². The van der Waals surface area contributed by atoms with Crippen LogP contribution in [0.15, 0.2) is 36.7 Å². The van der Waals surface area contributed by atoms with Crippen molar-refractivity contribution < 1.29 is 32.7 Å². The van der Waals surface area contributed by atoms with Crippen LogP contribution < -0.4 is 15.1 Å². The van der Waals surface area contributed by atoms with Crippen LogP contribution in [0, 0.1) is 11.6 Å². The summed E-state index contributed by atoms with van der Waals surface area (Å²) in [5.41, 5.74) is 0.136. The number of nitrogens with one attached hydrogen (secondary N) is 1. The number of benzene rings is 1. The number of Topliss-reactive ketones (excluding diaryl/α,β-unsaturated/α-hetero) is 1. The maximum atomic E-state index is 15.1. The van der Waals surface area contributed by atoms with Gasteiger partial charge in [0.25, 0.3) is 5.91 Å². The Balaban J connectivity index is 1.34. The van der Waals surface area contributed by atoms with E-state index in [1.54, 1.807) is 37.1 Å². The zero-order chi connectivity index (χ0) is 28.1. The average Bonchev–Trinajstić information content (AvgIpc) is 3.32. The lowest BCUT2D eigenvalue weighted by atomic mass is 10.1. The highest BCUT2D eigenvalue weighted by Crippen LogP contribution is 2.32. The number of carbonyl (C=O) groups is 4. The molecule has 4 rings (SSSR count). The van der Waals surface area contributed by atoms with Gasteiger partial charge in [0.05, 0.1) is 17.8 Å². The van der Waals surface area contributed by atoms with Crippen LogP contribution >= 0.6 is 0 Å². The first-order chi connectivity index (χ1) is 18.7. The third kappa shape index (κ3) is 6.50. The fourth-order valence-corrected chi connectivity index (χ4v) is 4.65. The van der Waals surface area contributed by atoms with E-state index in [9.17, 15) is 19.2 Å². The highest BCUT2D eigenvalue weighted by Gasteiger charge is 2.34. The number of hydrogen-bond acceptors (Lipinski definition) is 7. The monoisotopic (exact) mass is 543 g/mol. The lowest BCUT2D eigenvalue weighted by Gasteiger charge is -2.37. The van der Waals surface area contributed by atoms with Crippen molar-refractivity contribution in [2.24, 2.45) is 0 Å². The molecular formula is C27H31F2N5O5. The summed E-state index contributed by atoms with van der Waals surface area (Å²) in [6, 6.07) is 4.60. The first-order valence-corrected chi connectivity index (χ1v) is 12.9. The minimum absolute atomic E-state index is 0.0371. The van der Waals surface area contributed by atoms with Gasteiger partial charge in [0.1, 0.15) is 23.6 Å². The Kier molecular flexibility index (Phi) is 8.72. The number of anilines is 2. The highest BCUT2D eigenvalue weighted by atomic mass is 19.1. The van der Waals surface area contributed by atoms with Gasteiger partial charge in [0, 0.05) is 63.5 Å². The van der Waals surface area contributed by atoms with Gasteiger partial charge in [-0.1, -0.05) is 6.92 Å². The van der Waals surface area contributed by atoms with Gasteiger partial charge in [0.2, 0.25) is 5.91 Å². The van der Waals surface area contributed by atoms with Crippen molar-refractivity contribution in [3.63, 3.8) is 0 Å². The molecule has 0 saturated carbocycles. The molecule has 0 aliphatic carbocycles. The number of hydrogen-bond donors (Lipinski definition) is 1. The molecule has 1 aromatic heterocycles. The molecule has 12 heteroatoms. The second-order valence-electron chi connectivity index (χ2n) is 9.55. The van der Waals surface area contributed by atoms with Gasteiger partial charge in [-0.3, -0.25) is 24.3 Å². The predicted molar refractivity (Wildman–Crippen MR) is 138 cm³/mol. The number of ketones is 1. The summed E-state index contributed by atoms with van der Waals surface area (Å²) < 4.78 is 35.5. The fraction of sp³-hybridized carbons (Fsp3) is 0.444. The summed E-state index contributed by atoms with van der Waals surface area (Å²) in [4.78, 5) is 57.2. The summed E-state index contributed by atoms with van der Waals surface area (Å²) in [7, 11) is 0. The molecule has 3 amide bonds. The van der Waals surface area contributed by atoms with Gasteiger partial charge < -0.3 is 19.9 Å². The zero-order valence-corrected chi connectivity index (χ0v) is 21.9. The number of carbonyl (C=O) groups excluding carboxylic acids is 4. The number of piperazine rings is 1. The van der Waals surface area contributed by atoms with E-state index in [-0.39, 0.29) is 62.2 Å². The van der Waals surface area contributed by atoms with E-state index in [0.29, 0.717) is 18.4 Å². The summed E-state index contributed by atoms with van der Waals surface area (Å²) >= 11 is 0. The van der Waals surface area contributed by atoms with Crippen molar-refractivity contribution in [1.82, 2.24) is 15.2 Å². The third-order valence-corrected chi connectivity index (χ3v) is 6.88. The maximum absolute atomic E-state index is 15.1. The number of nitrogens with zero attached hydrogens (tertiary/aromatic N) is 4. The van der Waals surface area contributed by atoms with Gasteiger partial charge in [-0.25, -0.2) is 13.6 Å². The minimum atomic E-state index is -0.834. The van der Waals surface area contributed by atoms with E-state index in [1.165, 1.54) is 11.1 Å². The Hall–Kier alpha value is -4.09. The third-order valence-electron chi connectivity index (χ3n) is 6.88. The Labute approximate surface area is 224 Å². The normalized spacial score (nSPS) is 18.1. The summed E-state index contributed by atoms with van der Waals surface area (Å²) in [5, 5.41) is 2.65. The van der Waals surface area contributed by atoms with Crippen LogP contribution in [-0.4, -0.2) is 78.4 Å². The number of ether oxygens (including phenoxy) is 1. The Morgan fingerprint density at radius 2 is 1.85 bits per heavy atom. The Morgan fingerprint density at radius 1 is 1.15 bits per heavy atom. The van der Waals surface area contributed by atoms with Gasteiger partial charge in [0.15, 0.2) is 11.6 Å². The number of aromatic nitrogens is 1. The molecule has 0 bridgehead atoms. The molecule has 1 aromatic carbocycles. The van der Waals surface area contributed by atoms with Gasteiger partial charge >= 0.3 is 6.09 Å². The van der Waals surface area contributed by atoms with Crippen LogP contribution in [0.3, 0.4) is 0 Å². The second kappa shape index (κ2) is 12.2. The highest BCUT2D eigenvalue weighted by molar-refractivity contribution is 5.97. The topological polar surface area (TPSA) is 112 Å². The molecular weight excluding hydrogens is 512 g/mol. The standard InChI is InChI=1S/C27H31F2N5O5/c1-3-20(35)6-7-21-16-34(27(38)39-21)19-13-22(28)24(23(29)14-19)32-9-11-33(12-10-32)26(37)17(2)31-25(36)18-5-4-8-30-15-18/h4-5,8,13-15,17,21H,3,6-7,9-12,16H2,1-2H3,(H,31,36)/t17-,21-/m0/s1. The Bertz CT molecular complexity index is 1210. The van der Waals surface area contributed by atoms with Crippen molar-refractivity contribution in [2.75, 3.05) is 42.5 Å². The lowest BCUT2D eigenvalue weighted by Crippen LogP contribution is -2.54. The van der Waals surface area contributed by atoms with Crippen LogP contribution in [0.4, 0.5) is 25.0 Å². The first kappa shape index (κ1) is 27.9. The molecule has 208 valence electrons. The Morgan fingerprint density at radius 3 is 2.46 bits per heavy atom. The molecule has 10 nitrogen and oxygen atoms in total. The molecule has 2 aromatic rings. The van der Waals surface area contributed by atoms with Crippen molar-refractivity contribution in [3.8, 4) is 0 Å². The molecule has 2 atom stereocenters. The van der Waals surface area contributed by atoms with Crippen molar-refractivity contribution in [2.45, 2.75) is 45.3 Å². The van der Waals surface area contributed by atoms with E-state index in [1.807, 2.05) is 0 Å². The van der Waals surface area contributed by atoms with Crippen molar-refractivity contribution in [3.05, 3.63) is 53.9 Å². The second-order valence-corrected chi connectivity index (χ2v) is 9.55. The number of amides is 3. The van der Waals surface area contributed by atoms with Gasteiger partial charge in [-0.05, 0) is 25.5 Å². The zero-order valence-electron chi connectivity index (χ0n) is 21.9. The van der Waals surface area contributed by atoms with Gasteiger partial charge in [-0.15, -0.1) is 0 Å². The summed E-state index contributed by atoms with van der Waals surface area (Å²) in [6.45, 7) is 4.22. The number of halogens is 2. The summed E-state index contributed by atoms with van der Waals surface area (Å²) in [5.74, 6) is -2.34. The van der Waals surface area contributed by atoms with E-state index >= 15 is 8.78 Å². The predicted octanol–water partition coefficient (Wildman–Crippen LogP) is 2.91. The average molecular weight is 544 g/mol. The van der Waals surface area contributed by atoms with Crippen LogP contribution in [0.2, 0.25) is 0 Å². The molecule has 2 aliphatic rings. The SMILES string of the molecule is CCC(=O)CC[C@H]1CN(c2cc(F)c(N3CCN(C(=O)[C@H](C)NC(=O)c4cccnc4)CC3)c(F)c2)C(=O)O1. The fourth-order valence-electron chi connectivity index (χ4n) is 4.65.